The summed E-state index contributed by atoms with van der Waals surface area (Å²) in [6.07, 6.45) is 2.93. The first-order valence-corrected chi connectivity index (χ1v) is 4.87. The minimum absolute atomic E-state index is 1.07. The summed E-state index contributed by atoms with van der Waals surface area (Å²) in [5.74, 6) is 0. The molecule has 1 aromatic heterocycles. The third kappa shape index (κ3) is 1.27. The number of hydrogen-bond acceptors (Lipinski definition) is 2. The molecule has 0 unspecified atom stereocenters. The van der Waals surface area contributed by atoms with Gasteiger partial charge >= 0.3 is 0 Å². The quantitative estimate of drug-likeness (QED) is 0.604. The lowest BCUT2D eigenvalue weighted by atomic mass is 10.1. The van der Waals surface area contributed by atoms with Crippen molar-refractivity contribution in [2.75, 3.05) is 0 Å². The van der Waals surface area contributed by atoms with Gasteiger partial charge in [0, 0.05) is 6.20 Å². The summed E-state index contributed by atoms with van der Waals surface area (Å²) in [5, 5.41) is 1.18. The van der Waals surface area contributed by atoms with E-state index in [1.54, 1.807) is 11.8 Å². The molecule has 0 saturated carbocycles. The van der Waals surface area contributed by atoms with E-state index in [1.807, 2.05) is 12.3 Å². The maximum Gasteiger partial charge on any atom is 0.104 e. The van der Waals surface area contributed by atoms with E-state index in [-0.39, 0.29) is 0 Å². The molecule has 1 nitrogen and oxygen atoms in total. The Bertz CT molecular complexity index is 308. The van der Waals surface area contributed by atoms with E-state index in [1.165, 1.54) is 21.1 Å². The van der Waals surface area contributed by atoms with Crippen molar-refractivity contribution in [1.29, 1.82) is 0 Å². The minimum Gasteiger partial charge on any atom is -0.249 e. The summed E-state index contributed by atoms with van der Waals surface area (Å²) < 4.78 is 0. The highest BCUT2D eigenvalue weighted by atomic mass is 32.2. The van der Waals surface area contributed by atoms with Crippen LogP contribution in [-0.2, 0) is 6.42 Å². The molecule has 0 aromatic carbocycles. The topological polar surface area (TPSA) is 12.9 Å². The van der Waals surface area contributed by atoms with Crippen molar-refractivity contribution in [3.05, 3.63) is 34.4 Å². The van der Waals surface area contributed by atoms with Crippen molar-refractivity contribution in [3.8, 4) is 0 Å². The zero-order chi connectivity index (χ0) is 8.55. The Kier molecular flexibility index (Phi) is 1.93. The van der Waals surface area contributed by atoms with E-state index in [9.17, 15) is 0 Å². The van der Waals surface area contributed by atoms with Gasteiger partial charge in [-0.15, -0.1) is 0 Å². The summed E-state index contributed by atoms with van der Waals surface area (Å²) >= 11 is 1.79. The molecule has 0 spiro atoms. The van der Waals surface area contributed by atoms with Crippen LogP contribution in [0.1, 0.15) is 19.4 Å². The largest absolute Gasteiger partial charge is 0.249 e. The van der Waals surface area contributed by atoms with E-state index in [4.69, 9.17) is 0 Å². The predicted octanol–water partition coefficient (Wildman–Crippen LogP) is 3.02. The first kappa shape index (κ1) is 7.87. The van der Waals surface area contributed by atoms with Crippen LogP contribution >= 0.6 is 11.8 Å². The van der Waals surface area contributed by atoms with Gasteiger partial charge < -0.3 is 0 Å². The fourth-order valence-electron chi connectivity index (χ4n) is 1.29. The van der Waals surface area contributed by atoms with Gasteiger partial charge in [-0.2, -0.15) is 0 Å². The molecule has 2 heteroatoms. The number of thioether (sulfide) groups is 1. The van der Waals surface area contributed by atoms with Gasteiger partial charge in [-0.05, 0) is 36.8 Å². The van der Waals surface area contributed by atoms with Gasteiger partial charge in [0.05, 0.1) is 0 Å². The van der Waals surface area contributed by atoms with E-state index in [0.29, 0.717) is 0 Å². The van der Waals surface area contributed by atoms with Gasteiger partial charge in [-0.1, -0.05) is 23.4 Å². The fourth-order valence-corrected chi connectivity index (χ4v) is 2.21. The fraction of sp³-hybridized carbons (Fsp3) is 0.300. The zero-order valence-corrected chi connectivity index (χ0v) is 8.11. The van der Waals surface area contributed by atoms with E-state index >= 15 is 0 Å². The molecule has 0 saturated heterocycles. The van der Waals surface area contributed by atoms with Gasteiger partial charge in [-0.3, -0.25) is 0 Å². The molecular formula is C10H11NS. The second-order valence-corrected chi connectivity index (χ2v) is 4.29. The van der Waals surface area contributed by atoms with Gasteiger partial charge in [0.15, 0.2) is 0 Å². The number of hydrogen-bond donors (Lipinski definition) is 0. The lowest BCUT2D eigenvalue weighted by Gasteiger charge is -2.16. The van der Waals surface area contributed by atoms with Crippen LogP contribution in [-0.4, -0.2) is 4.98 Å². The Morgan fingerprint density at radius 1 is 1.42 bits per heavy atom. The summed E-state index contributed by atoms with van der Waals surface area (Å²) in [6.45, 7) is 4.36. The van der Waals surface area contributed by atoms with E-state index in [2.05, 4.69) is 24.9 Å². The second-order valence-electron chi connectivity index (χ2n) is 3.08. The molecule has 0 bridgehead atoms. The normalized spacial score (nSPS) is 16.2. The molecule has 2 rings (SSSR count). The predicted molar refractivity (Wildman–Crippen MR) is 52.2 cm³/mol. The van der Waals surface area contributed by atoms with Gasteiger partial charge in [0.1, 0.15) is 5.03 Å². The highest BCUT2D eigenvalue weighted by Crippen LogP contribution is 2.35. The van der Waals surface area contributed by atoms with Crippen LogP contribution in [0.2, 0.25) is 0 Å². The molecule has 2 heterocycles. The summed E-state index contributed by atoms with van der Waals surface area (Å²) in [5.41, 5.74) is 2.84. The maximum absolute atomic E-state index is 4.33. The maximum atomic E-state index is 4.33. The van der Waals surface area contributed by atoms with Crippen molar-refractivity contribution in [2.45, 2.75) is 25.3 Å². The Hall–Kier alpha value is -0.760. The summed E-state index contributed by atoms with van der Waals surface area (Å²) in [4.78, 5) is 5.74. The molecule has 0 N–H and O–H groups in total. The number of nitrogens with zero attached hydrogens (tertiary/aromatic N) is 1. The molecule has 0 atom stereocenters. The van der Waals surface area contributed by atoms with Crippen LogP contribution in [0.4, 0.5) is 0 Å². The molecule has 1 aliphatic rings. The van der Waals surface area contributed by atoms with Crippen molar-refractivity contribution in [2.24, 2.45) is 0 Å². The standard InChI is InChI=1S/C10H11NS/c1-7-6-9-4-3-5-11-10(9)12-8(7)2/h3-5H,6H2,1-2H3. The van der Waals surface area contributed by atoms with Crippen molar-refractivity contribution < 1.29 is 0 Å². The Balaban J connectivity index is 2.43. The molecule has 0 radical (unpaired) electrons. The van der Waals surface area contributed by atoms with Crippen LogP contribution in [0.25, 0.3) is 0 Å². The van der Waals surface area contributed by atoms with Gasteiger partial charge in [0.2, 0.25) is 0 Å². The first-order valence-electron chi connectivity index (χ1n) is 4.05. The molecule has 1 aromatic rings. The number of rotatable bonds is 0. The Morgan fingerprint density at radius 3 is 3.08 bits per heavy atom. The third-order valence-corrected chi connectivity index (χ3v) is 3.37. The molecule has 62 valence electrons. The summed E-state index contributed by atoms with van der Waals surface area (Å²) in [7, 11) is 0. The van der Waals surface area contributed by atoms with E-state index in [0.717, 1.165) is 6.42 Å². The highest BCUT2D eigenvalue weighted by molar-refractivity contribution is 8.03. The second kappa shape index (κ2) is 2.94. The SMILES string of the molecule is CC1=C(C)Sc2ncccc2C1. The van der Waals surface area contributed by atoms with Crippen molar-refractivity contribution in [1.82, 2.24) is 4.98 Å². The van der Waals surface area contributed by atoms with E-state index < -0.39 is 0 Å². The van der Waals surface area contributed by atoms with Crippen LogP contribution in [0, 0.1) is 0 Å². The lowest BCUT2D eigenvalue weighted by molar-refractivity contribution is 0.985. The van der Waals surface area contributed by atoms with Crippen molar-refractivity contribution >= 4 is 11.8 Å². The molecular weight excluding hydrogens is 166 g/mol. The monoisotopic (exact) mass is 177 g/mol. The molecule has 1 aliphatic heterocycles. The van der Waals surface area contributed by atoms with Crippen LogP contribution in [0.5, 0.6) is 0 Å². The third-order valence-electron chi connectivity index (χ3n) is 2.16. The van der Waals surface area contributed by atoms with Crippen molar-refractivity contribution in [3.63, 3.8) is 0 Å². The van der Waals surface area contributed by atoms with Gasteiger partial charge in [0.25, 0.3) is 0 Å². The zero-order valence-electron chi connectivity index (χ0n) is 7.29. The molecule has 0 aliphatic carbocycles. The number of allylic oxidation sites excluding steroid dienone is 2. The number of fused-ring (bicyclic) bond motifs is 1. The first-order chi connectivity index (χ1) is 5.77. The van der Waals surface area contributed by atoms with Crippen LogP contribution in [0.15, 0.2) is 33.8 Å². The Morgan fingerprint density at radius 2 is 2.25 bits per heavy atom. The van der Waals surface area contributed by atoms with Crippen LogP contribution < -0.4 is 0 Å². The minimum atomic E-state index is 1.07. The molecule has 0 fully saturated rings. The number of aromatic nitrogens is 1. The van der Waals surface area contributed by atoms with Gasteiger partial charge in [-0.25, -0.2) is 4.98 Å². The summed E-state index contributed by atoms with van der Waals surface area (Å²) in [6, 6.07) is 4.17. The van der Waals surface area contributed by atoms with Crippen LogP contribution in [0.3, 0.4) is 0 Å². The highest BCUT2D eigenvalue weighted by Gasteiger charge is 2.13. The molecule has 0 amide bonds. The average molecular weight is 177 g/mol. The lowest BCUT2D eigenvalue weighted by Crippen LogP contribution is -1.99. The molecule has 12 heavy (non-hydrogen) atoms. The average Bonchev–Trinajstić information content (AvgIpc) is 2.07. The number of pyridine rings is 1. The Labute approximate surface area is 76.9 Å². The smallest absolute Gasteiger partial charge is 0.104 e.